The van der Waals surface area contributed by atoms with Gasteiger partial charge in [-0.05, 0) is 71.7 Å². The molecule has 0 bridgehead atoms. The van der Waals surface area contributed by atoms with Gasteiger partial charge in [0.05, 0.1) is 27.9 Å². The predicted molar refractivity (Wildman–Crippen MR) is 115 cm³/mol. The number of rotatable bonds is 2. The number of aliphatic imine (C=N–C) groups is 1. The Morgan fingerprint density at radius 3 is 2.48 bits per heavy atom. The van der Waals surface area contributed by atoms with Crippen LogP contribution in [0.2, 0.25) is 0 Å². The SMILES string of the molecule is CC.Fc1ccc(CN=C2Nc3ccccc3NC23CCNCC3)cc1Br. The first-order valence-corrected chi connectivity index (χ1v) is 10.3. The fraction of sp³-hybridized carbons (Fsp3) is 0.381. The second-order valence-corrected chi connectivity index (χ2v) is 7.40. The molecule has 2 aromatic rings. The molecule has 0 radical (unpaired) electrons. The minimum atomic E-state index is -0.252. The van der Waals surface area contributed by atoms with E-state index >= 15 is 0 Å². The summed E-state index contributed by atoms with van der Waals surface area (Å²) in [7, 11) is 0. The fourth-order valence-corrected chi connectivity index (χ4v) is 3.91. The Hall–Kier alpha value is -1.92. The summed E-state index contributed by atoms with van der Waals surface area (Å²) in [5.74, 6) is 0.714. The molecule has 0 saturated carbocycles. The molecule has 1 saturated heterocycles. The van der Waals surface area contributed by atoms with E-state index in [1.54, 1.807) is 12.1 Å². The van der Waals surface area contributed by atoms with Crippen LogP contribution >= 0.6 is 15.9 Å². The van der Waals surface area contributed by atoms with E-state index in [1.165, 1.54) is 6.07 Å². The van der Waals surface area contributed by atoms with Crippen molar-refractivity contribution in [3.63, 3.8) is 0 Å². The van der Waals surface area contributed by atoms with E-state index in [2.05, 4.69) is 44.0 Å². The lowest BCUT2D eigenvalue weighted by Gasteiger charge is -2.44. The molecular formula is C21H26BrFN4. The van der Waals surface area contributed by atoms with Gasteiger partial charge in [-0.15, -0.1) is 0 Å². The van der Waals surface area contributed by atoms with Crippen LogP contribution in [-0.2, 0) is 6.54 Å². The third-order valence-electron chi connectivity index (χ3n) is 4.87. The molecular weight excluding hydrogens is 407 g/mol. The smallest absolute Gasteiger partial charge is 0.137 e. The Labute approximate surface area is 168 Å². The summed E-state index contributed by atoms with van der Waals surface area (Å²) in [5, 5.41) is 10.7. The van der Waals surface area contributed by atoms with E-state index in [-0.39, 0.29) is 11.4 Å². The van der Waals surface area contributed by atoms with Crippen LogP contribution in [0.3, 0.4) is 0 Å². The van der Waals surface area contributed by atoms with Crippen molar-refractivity contribution in [3.05, 3.63) is 58.3 Å². The van der Waals surface area contributed by atoms with Gasteiger partial charge < -0.3 is 16.0 Å². The van der Waals surface area contributed by atoms with E-state index in [0.29, 0.717) is 11.0 Å². The number of para-hydroxylation sites is 2. The number of benzene rings is 2. The molecule has 0 amide bonds. The quantitative estimate of drug-likeness (QED) is 0.612. The highest BCUT2D eigenvalue weighted by Gasteiger charge is 2.40. The molecule has 0 unspecified atom stereocenters. The highest BCUT2D eigenvalue weighted by atomic mass is 79.9. The summed E-state index contributed by atoms with van der Waals surface area (Å²) in [6.07, 6.45) is 1.94. The summed E-state index contributed by atoms with van der Waals surface area (Å²) >= 11 is 3.24. The standard InChI is InChI=1S/C19H20BrFN4.C2H6/c20-14-11-13(5-6-15(14)21)12-23-18-19(7-9-22-10-8-19)25-17-4-2-1-3-16(17)24-18;1-2/h1-6,11,22,25H,7-10,12H2,(H,23,24);1-2H3. The van der Waals surface area contributed by atoms with Crippen LogP contribution in [0, 0.1) is 5.82 Å². The molecule has 27 heavy (non-hydrogen) atoms. The highest BCUT2D eigenvalue weighted by molar-refractivity contribution is 9.10. The number of hydrogen-bond donors (Lipinski definition) is 3. The van der Waals surface area contributed by atoms with Gasteiger partial charge in [0.2, 0.25) is 0 Å². The normalized spacial score (nSPS) is 18.7. The average Bonchev–Trinajstić information content (AvgIpc) is 2.71. The first-order valence-electron chi connectivity index (χ1n) is 9.50. The van der Waals surface area contributed by atoms with Gasteiger partial charge >= 0.3 is 0 Å². The maximum atomic E-state index is 13.4. The minimum absolute atomic E-state index is 0.170. The minimum Gasteiger partial charge on any atom is -0.371 e. The monoisotopic (exact) mass is 432 g/mol. The van der Waals surface area contributed by atoms with E-state index in [1.807, 2.05) is 26.0 Å². The average molecular weight is 433 g/mol. The zero-order valence-electron chi connectivity index (χ0n) is 15.8. The molecule has 4 rings (SSSR count). The molecule has 144 valence electrons. The first-order chi connectivity index (χ1) is 13.2. The summed E-state index contributed by atoms with van der Waals surface area (Å²) in [5.41, 5.74) is 2.97. The van der Waals surface area contributed by atoms with Gasteiger partial charge in [0.15, 0.2) is 0 Å². The molecule has 1 fully saturated rings. The van der Waals surface area contributed by atoms with Crippen molar-refractivity contribution in [3.8, 4) is 0 Å². The zero-order chi connectivity index (χ0) is 19.3. The van der Waals surface area contributed by atoms with Gasteiger partial charge in [-0.1, -0.05) is 32.0 Å². The van der Waals surface area contributed by atoms with Crippen molar-refractivity contribution in [2.45, 2.75) is 38.8 Å². The zero-order valence-corrected chi connectivity index (χ0v) is 17.4. The van der Waals surface area contributed by atoms with Crippen molar-refractivity contribution in [1.29, 1.82) is 0 Å². The number of anilines is 2. The Morgan fingerprint density at radius 2 is 1.78 bits per heavy atom. The van der Waals surface area contributed by atoms with Crippen molar-refractivity contribution < 1.29 is 4.39 Å². The van der Waals surface area contributed by atoms with Crippen LogP contribution in [0.1, 0.15) is 32.3 Å². The third kappa shape index (κ3) is 4.33. The van der Waals surface area contributed by atoms with Crippen molar-refractivity contribution in [1.82, 2.24) is 5.32 Å². The number of nitrogens with one attached hydrogen (secondary N) is 3. The van der Waals surface area contributed by atoms with Gasteiger partial charge in [0.1, 0.15) is 11.7 Å². The van der Waals surface area contributed by atoms with Gasteiger partial charge in [0.25, 0.3) is 0 Å². The van der Waals surface area contributed by atoms with Crippen LogP contribution in [0.5, 0.6) is 0 Å². The molecule has 4 nitrogen and oxygen atoms in total. The first kappa shape index (κ1) is 19.8. The number of piperidine rings is 1. The molecule has 1 spiro atoms. The van der Waals surface area contributed by atoms with E-state index in [9.17, 15) is 4.39 Å². The maximum absolute atomic E-state index is 13.4. The molecule has 0 atom stereocenters. The summed E-state index contributed by atoms with van der Waals surface area (Å²) in [6, 6.07) is 13.3. The van der Waals surface area contributed by atoms with E-state index in [0.717, 1.165) is 48.7 Å². The summed E-state index contributed by atoms with van der Waals surface area (Å²) in [6.45, 7) is 6.43. The topological polar surface area (TPSA) is 48.5 Å². The fourth-order valence-electron chi connectivity index (χ4n) is 3.48. The van der Waals surface area contributed by atoms with Crippen LogP contribution < -0.4 is 16.0 Å². The molecule has 2 aliphatic heterocycles. The molecule has 3 N–H and O–H groups in total. The van der Waals surface area contributed by atoms with Gasteiger partial charge in [-0.25, -0.2) is 4.39 Å². The van der Waals surface area contributed by atoms with Crippen LogP contribution in [0.4, 0.5) is 15.8 Å². The number of amidine groups is 1. The number of fused-ring (bicyclic) bond motifs is 1. The lowest BCUT2D eigenvalue weighted by molar-refractivity contribution is 0.419. The predicted octanol–water partition coefficient (Wildman–Crippen LogP) is 5.17. The van der Waals surface area contributed by atoms with Crippen LogP contribution in [0.15, 0.2) is 51.9 Å². The summed E-state index contributed by atoms with van der Waals surface area (Å²) < 4.78 is 13.9. The highest BCUT2D eigenvalue weighted by Crippen LogP contribution is 2.35. The summed E-state index contributed by atoms with van der Waals surface area (Å²) in [4.78, 5) is 4.87. The Bertz CT molecular complexity index is 816. The van der Waals surface area contributed by atoms with E-state index in [4.69, 9.17) is 4.99 Å². The van der Waals surface area contributed by atoms with Crippen molar-refractivity contribution in [2.24, 2.45) is 4.99 Å². The lowest BCUT2D eigenvalue weighted by atomic mass is 9.84. The Morgan fingerprint density at radius 1 is 1.07 bits per heavy atom. The molecule has 2 aliphatic rings. The number of hydrogen-bond acceptors (Lipinski definition) is 3. The Kier molecular flexibility index (Phi) is 6.50. The molecule has 6 heteroatoms. The van der Waals surface area contributed by atoms with Gasteiger partial charge in [-0.3, -0.25) is 4.99 Å². The van der Waals surface area contributed by atoms with Gasteiger partial charge in [0, 0.05) is 0 Å². The van der Waals surface area contributed by atoms with Crippen LogP contribution in [0.25, 0.3) is 0 Å². The lowest BCUT2D eigenvalue weighted by Crippen LogP contribution is -2.57. The second kappa shape index (κ2) is 8.85. The molecule has 0 aromatic heterocycles. The largest absolute Gasteiger partial charge is 0.371 e. The molecule has 2 heterocycles. The van der Waals surface area contributed by atoms with E-state index < -0.39 is 0 Å². The van der Waals surface area contributed by atoms with Gasteiger partial charge in [-0.2, -0.15) is 0 Å². The second-order valence-electron chi connectivity index (χ2n) is 6.54. The molecule has 2 aromatic carbocycles. The third-order valence-corrected chi connectivity index (χ3v) is 5.48. The number of halogens is 2. The van der Waals surface area contributed by atoms with Crippen molar-refractivity contribution >= 4 is 33.1 Å². The molecule has 0 aliphatic carbocycles. The van der Waals surface area contributed by atoms with Crippen molar-refractivity contribution in [2.75, 3.05) is 23.7 Å². The maximum Gasteiger partial charge on any atom is 0.137 e. The number of nitrogens with zero attached hydrogens (tertiary/aromatic N) is 1. The Balaban J connectivity index is 0.00000102. The van der Waals surface area contributed by atoms with Crippen LogP contribution in [-0.4, -0.2) is 24.5 Å².